The third kappa shape index (κ3) is 2.76. The van der Waals surface area contributed by atoms with Crippen LogP contribution in [0.1, 0.15) is 46.0 Å². The summed E-state index contributed by atoms with van der Waals surface area (Å²) in [7, 11) is 0. The largest absolute Gasteiger partial charge is 0.379 e. The van der Waals surface area contributed by atoms with Gasteiger partial charge in [-0.1, -0.05) is 13.8 Å². The molecule has 0 saturated carbocycles. The van der Waals surface area contributed by atoms with Gasteiger partial charge in [-0.05, 0) is 25.7 Å². The monoisotopic (exact) mass is 268 g/mol. The van der Waals surface area contributed by atoms with E-state index in [9.17, 15) is 9.59 Å². The Morgan fingerprint density at radius 1 is 1.37 bits per heavy atom. The fraction of sp³-hybridized carbons (Fsp3) is 0.857. The van der Waals surface area contributed by atoms with Crippen molar-refractivity contribution in [3.8, 4) is 0 Å². The van der Waals surface area contributed by atoms with Gasteiger partial charge in [0.25, 0.3) is 0 Å². The molecule has 5 heteroatoms. The number of ether oxygens (including phenoxy) is 1. The number of amides is 2. The molecule has 2 amide bonds. The molecular formula is C14H24N2O3. The standard InChI is InChI=1S/C14H24N2O3/c1-3-14(4-2)13(18)16(8-7-12(17)15-14)11-6-5-9-19-10-11/h11H,3-10H2,1-2H3,(H,15,17). The van der Waals surface area contributed by atoms with E-state index in [1.165, 1.54) is 0 Å². The fourth-order valence-electron chi connectivity index (χ4n) is 3.03. The van der Waals surface area contributed by atoms with Gasteiger partial charge in [-0.3, -0.25) is 9.59 Å². The smallest absolute Gasteiger partial charge is 0.248 e. The average Bonchev–Trinajstić information content (AvgIpc) is 2.57. The molecule has 2 saturated heterocycles. The number of carbonyl (C=O) groups excluding carboxylic acids is 2. The predicted molar refractivity (Wildman–Crippen MR) is 71.6 cm³/mol. The second-order valence-electron chi connectivity index (χ2n) is 5.46. The SMILES string of the molecule is CCC1(CC)NC(=O)CCN(C2CCCOC2)C1=O. The highest BCUT2D eigenvalue weighted by molar-refractivity contribution is 5.93. The van der Waals surface area contributed by atoms with Crippen molar-refractivity contribution in [2.45, 2.75) is 57.5 Å². The third-order valence-corrected chi connectivity index (χ3v) is 4.41. The molecule has 108 valence electrons. The number of nitrogens with zero attached hydrogens (tertiary/aromatic N) is 1. The Balaban J connectivity index is 2.22. The fourth-order valence-corrected chi connectivity index (χ4v) is 3.03. The summed E-state index contributed by atoms with van der Waals surface area (Å²) in [6, 6.07) is 0.131. The Morgan fingerprint density at radius 2 is 2.11 bits per heavy atom. The van der Waals surface area contributed by atoms with Crippen LogP contribution in [0.15, 0.2) is 0 Å². The van der Waals surface area contributed by atoms with Gasteiger partial charge in [0.2, 0.25) is 11.8 Å². The zero-order valence-corrected chi connectivity index (χ0v) is 11.9. The van der Waals surface area contributed by atoms with Gasteiger partial charge in [0.05, 0.1) is 12.6 Å². The van der Waals surface area contributed by atoms with Crippen molar-refractivity contribution < 1.29 is 14.3 Å². The van der Waals surface area contributed by atoms with Crippen LogP contribution in [0.4, 0.5) is 0 Å². The maximum Gasteiger partial charge on any atom is 0.248 e. The van der Waals surface area contributed by atoms with Crippen LogP contribution in [0, 0.1) is 0 Å². The highest BCUT2D eigenvalue weighted by Crippen LogP contribution is 2.25. The summed E-state index contributed by atoms with van der Waals surface area (Å²) in [6.45, 7) is 5.82. The van der Waals surface area contributed by atoms with Crippen molar-refractivity contribution in [2.75, 3.05) is 19.8 Å². The van der Waals surface area contributed by atoms with Gasteiger partial charge in [-0.25, -0.2) is 0 Å². The van der Waals surface area contributed by atoms with Crippen LogP contribution in [0.25, 0.3) is 0 Å². The Morgan fingerprint density at radius 3 is 2.68 bits per heavy atom. The van der Waals surface area contributed by atoms with E-state index >= 15 is 0 Å². The van der Waals surface area contributed by atoms with Crippen molar-refractivity contribution in [2.24, 2.45) is 0 Å². The summed E-state index contributed by atoms with van der Waals surface area (Å²) in [4.78, 5) is 26.6. The molecule has 0 aliphatic carbocycles. The Hall–Kier alpha value is -1.10. The minimum Gasteiger partial charge on any atom is -0.379 e. The van der Waals surface area contributed by atoms with Gasteiger partial charge in [0, 0.05) is 19.6 Å². The van der Waals surface area contributed by atoms with Gasteiger partial charge < -0.3 is 15.0 Å². The summed E-state index contributed by atoms with van der Waals surface area (Å²) in [5.74, 6) is 0.0510. The molecule has 2 heterocycles. The lowest BCUT2D eigenvalue weighted by atomic mass is 9.90. The van der Waals surface area contributed by atoms with Crippen LogP contribution in [0.5, 0.6) is 0 Å². The van der Waals surface area contributed by atoms with E-state index in [0.29, 0.717) is 32.4 Å². The summed E-state index contributed by atoms with van der Waals surface area (Å²) in [5.41, 5.74) is -0.717. The molecule has 0 bridgehead atoms. The van der Waals surface area contributed by atoms with Gasteiger partial charge in [-0.15, -0.1) is 0 Å². The quantitative estimate of drug-likeness (QED) is 0.833. The zero-order valence-electron chi connectivity index (χ0n) is 11.9. The molecular weight excluding hydrogens is 244 g/mol. The first-order valence-electron chi connectivity index (χ1n) is 7.33. The lowest BCUT2D eigenvalue weighted by Gasteiger charge is -2.39. The van der Waals surface area contributed by atoms with Gasteiger partial charge in [0.15, 0.2) is 0 Å². The first-order chi connectivity index (χ1) is 9.13. The molecule has 0 aromatic carbocycles. The molecule has 1 unspecified atom stereocenters. The van der Waals surface area contributed by atoms with Crippen LogP contribution < -0.4 is 5.32 Å². The van der Waals surface area contributed by atoms with Crippen molar-refractivity contribution in [1.29, 1.82) is 0 Å². The van der Waals surface area contributed by atoms with E-state index < -0.39 is 5.54 Å². The molecule has 1 atom stereocenters. The number of nitrogens with one attached hydrogen (secondary N) is 1. The first-order valence-corrected chi connectivity index (χ1v) is 7.33. The van der Waals surface area contributed by atoms with E-state index in [1.807, 2.05) is 18.7 Å². The minimum atomic E-state index is -0.717. The lowest BCUT2D eigenvalue weighted by Crippen LogP contribution is -2.59. The zero-order chi connectivity index (χ0) is 13.9. The molecule has 2 aliphatic rings. The van der Waals surface area contributed by atoms with Gasteiger partial charge in [-0.2, -0.15) is 0 Å². The van der Waals surface area contributed by atoms with Crippen LogP contribution in [-0.4, -0.2) is 48.1 Å². The normalized spacial score (nSPS) is 27.9. The van der Waals surface area contributed by atoms with Crippen LogP contribution in [-0.2, 0) is 14.3 Å². The molecule has 0 radical (unpaired) electrons. The summed E-state index contributed by atoms with van der Waals surface area (Å²) in [5, 5.41) is 2.94. The second-order valence-corrected chi connectivity index (χ2v) is 5.46. The number of rotatable bonds is 3. The van der Waals surface area contributed by atoms with Crippen molar-refractivity contribution in [3.05, 3.63) is 0 Å². The average molecular weight is 268 g/mol. The van der Waals surface area contributed by atoms with Crippen molar-refractivity contribution in [3.63, 3.8) is 0 Å². The molecule has 0 aromatic heterocycles. The van der Waals surface area contributed by atoms with Crippen LogP contribution in [0.3, 0.4) is 0 Å². The van der Waals surface area contributed by atoms with Crippen LogP contribution >= 0.6 is 0 Å². The topological polar surface area (TPSA) is 58.6 Å². The Kier molecular flexibility index (Phi) is 4.45. The van der Waals surface area contributed by atoms with Gasteiger partial charge in [0.1, 0.15) is 5.54 Å². The van der Waals surface area contributed by atoms with Crippen molar-refractivity contribution >= 4 is 11.8 Å². The molecule has 5 nitrogen and oxygen atoms in total. The maximum atomic E-state index is 12.8. The molecule has 0 spiro atoms. The van der Waals surface area contributed by atoms with Crippen LogP contribution in [0.2, 0.25) is 0 Å². The molecule has 2 fully saturated rings. The van der Waals surface area contributed by atoms with E-state index in [1.54, 1.807) is 0 Å². The summed E-state index contributed by atoms with van der Waals surface area (Å²) >= 11 is 0. The number of hydrogen-bond donors (Lipinski definition) is 1. The maximum absolute atomic E-state index is 12.8. The number of hydrogen-bond acceptors (Lipinski definition) is 3. The third-order valence-electron chi connectivity index (χ3n) is 4.41. The highest BCUT2D eigenvalue weighted by atomic mass is 16.5. The van der Waals surface area contributed by atoms with E-state index in [2.05, 4.69) is 5.32 Å². The van der Waals surface area contributed by atoms with E-state index in [4.69, 9.17) is 4.74 Å². The highest BCUT2D eigenvalue weighted by Gasteiger charge is 2.43. The van der Waals surface area contributed by atoms with Crippen molar-refractivity contribution in [1.82, 2.24) is 10.2 Å². The molecule has 19 heavy (non-hydrogen) atoms. The molecule has 1 N–H and O–H groups in total. The minimum absolute atomic E-state index is 0.0173. The lowest BCUT2D eigenvalue weighted by molar-refractivity contribution is -0.143. The Bertz CT molecular complexity index is 347. The predicted octanol–water partition coefficient (Wildman–Crippen LogP) is 1.07. The Labute approximate surface area is 114 Å². The first kappa shape index (κ1) is 14.3. The molecule has 2 aliphatic heterocycles. The molecule has 0 aromatic rings. The van der Waals surface area contributed by atoms with E-state index in [-0.39, 0.29) is 17.9 Å². The van der Waals surface area contributed by atoms with E-state index in [0.717, 1.165) is 19.4 Å². The second kappa shape index (κ2) is 5.90. The number of carbonyl (C=O) groups is 2. The molecule has 2 rings (SSSR count). The summed E-state index contributed by atoms with van der Waals surface area (Å²) in [6.07, 6.45) is 3.63. The van der Waals surface area contributed by atoms with Gasteiger partial charge >= 0.3 is 0 Å². The summed E-state index contributed by atoms with van der Waals surface area (Å²) < 4.78 is 5.49.